The maximum Gasteiger partial charge on any atom is 0.280 e. The quantitative estimate of drug-likeness (QED) is 0.739. The molecule has 1 heterocycles. The Morgan fingerprint density at radius 3 is 2.57 bits per heavy atom. The average Bonchev–Trinajstić information content (AvgIpc) is 3.13. The van der Waals surface area contributed by atoms with Crippen LogP contribution in [0.15, 0.2) is 48.7 Å². The van der Waals surface area contributed by atoms with E-state index in [1.807, 2.05) is 56.3 Å². The summed E-state index contributed by atoms with van der Waals surface area (Å²) in [7, 11) is 5.30. The van der Waals surface area contributed by atoms with Crippen LogP contribution >= 0.6 is 0 Å². The molecule has 0 aliphatic heterocycles. The third-order valence-corrected chi connectivity index (χ3v) is 4.32. The summed E-state index contributed by atoms with van der Waals surface area (Å²) >= 11 is 0. The summed E-state index contributed by atoms with van der Waals surface area (Å²) in [4.78, 5) is 14.8. The summed E-state index contributed by atoms with van der Waals surface area (Å²) in [6.07, 6.45) is 1.65. The second-order valence-electron chi connectivity index (χ2n) is 6.47. The zero-order chi connectivity index (χ0) is 20.3. The molecule has 0 unspecified atom stereocenters. The number of carbonyl (C=O) groups excluding carboxylic acids is 1. The first-order valence-electron chi connectivity index (χ1n) is 8.67. The van der Waals surface area contributed by atoms with Crippen LogP contribution in [0.5, 0.6) is 5.75 Å². The SMILES string of the molecule is COc1cn(-c2ccccc2)nc1C(=O)Nc1cc(C)c(N(C)C)cc1C#N. The Morgan fingerprint density at radius 1 is 1.25 bits per heavy atom. The molecule has 0 spiro atoms. The van der Waals surface area contributed by atoms with Crippen molar-refractivity contribution >= 4 is 17.3 Å². The number of hydrogen-bond acceptors (Lipinski definition) is 5. The second kappa shape index (κ2) is 7.84. The van der Waals surface area contributed by atoms with E-state index in [2.05, 4.69) is 16.5 Å². The molecule has 142 valence electrons. The Hall–Kier alpha value is -3.79. The highest BCUT2D eigenvalue weighted by molar-refractivity contribution is 6.05. The van der Waals surface area contributed by atoms with Gasteiger partial charge in [-0.1, -0.05) is 18.2 Å². The minimum absolute atomic E-state index is 0.143. The van der Waals surface area contributed by atoms with Crippen LogP contribution in [0.4, 0.5) is 11.4 Å². The molecular formula is C21H21N5O2. The Labute approximate surface area is 163 Å². The lowest BCUT2D eigenvalue weighted by molar-refractivity contribution is 0.101. The van der Waals surface area contributed by atoms with Gasteiger partial charge in [-0.2, -0.15) is 10.4 Å². The number of para-hydroxylation sites is 1. The van der Waals surface area contributed by atoms with Crippen LogP contribution in [0.2, 0.25) is 0 Å². The smallest absolute Gasteiger partial charge is 0.280 e. The van der Waals surface area contributed by atoms with Crippen LogP contribution in [0.3, 0.4) is 0 Å². The standard InChI is InChI=1S/C21H21N5O2/c1-14-10-17(15(12-22)11-18(14)25(2)3)23-21(27)20-19(28-4)13-26(24-20)16-8-6-5-7-9-16/h5-11,13H,1-4H3,(H,23,27). The largest absolute Gasteiger partial charge is 0.493 e. The van der Waals surface area contributed by atoms with Gasteiger partial charge in [-0.15, -0.1) is 0 Å². The molecule has 0 atom stereocenters. The van der Waals surface area contributed by atoms with Crippen LogP contribution in [0.25, 0.3) is 5.69 Å². The van der Waals surface area contributed by atoms with Crippen LogP contribution in [0, 0.1) is 18.3 Å². The summed E-state index contributed by atoms with van der Waals surface area (Å²) in [6, 6.07) is 15.1. The number of aryl methyl sites for hydroxylation is 1. The number of rotatable bonds is 5. The zero-order valence-electron chi connectivity index (χ0n) is 16.2. The van der Waals surface area contributed by atoms with E-state index in [1.54, 1.807) is 23.0 Å². The number of nitriles is 1. The van der Waals surface area contributed by atoms with Gasteiger partial charge in [-0.25, -0.2) is 4.68 Å². The minimum Gasteiger partial charge on any atom is -0.493 e. The molecular weight excluding hydrogens is 354 g/mol. The van der Waals surface area contributed by atoms with Gasteiger partial charge in [0.2, 0.25) is 0 Å². The Bertz CT molecular complexity index is 1050. The molecule has 0 fully saturated rings. The molecule has 1 aromatic heterocycles. The molecule has 1 N–H and O–H groups in total. The number of methoxy groups -OCH3 is 1. The van der Waals surface area contributed by atoms with Gasteiger partial charge in [0.05, 0.1) is 30.2 Å². The summed E-state index contributed by atoms with van der Waals surface area (Å²) < 4.78 is 6.90. The second-order valence-corrected chi connectivity index (χ2v) is 6.47. The fraction of sp³-hybridized carbons (Fsp3) is 0.190. The molecule has 0 aliphatic carbocycles. The van der Waals surface area contributed by atoms with Crippen molar-refractivity contribution in [2.45, 2.75) is 6.92 Å². The van der Waals surface area contributed by atoms with Crippen LogP contribution < -0.4 is 15.0 Å². The number of aromatic nitrogens is 2. The van der Waals surface area contributed by atoms with Gasteiger partial charge < -0.3 is 15.0 Å². The van der Waals surface area contributed by atoms with Crippen LogP contribution in [-0.2, 0) is 0 Å². The van der Waals surface area contributed by atoms with Crippen molar-refractivity contribution in [1.29, 1.82) is 5.26 Å². The van der Waals surface area contributed by atoms with Gasteiger partial charge in [-0.05, 0) is 36.8 Å². The highest BCUT2D eigenvalue weighted by Gasteiger charge is 2.20. The molecule has 0 saturated heterocycles. The predicted octanol–water partition coefficient (Wildman–Crippen LogP) is 3.38. The van der Waals surface area contributed by atoms with E-state index in [4.69, 9.17) is 4.74 Å². The van der Waals surface area contributed by atoms with E-state index >= 15 is 0 Å². The summed E-state index contributed by atoms with van der Waals surface area (Å²) in [5.41, 5.74) is 3.63. The van der Waals surface area contributed by atoms with E-state index in [-0.39, 0.29) is 5.69 Å². The minimum atomic E-state index is -0.444. The summed E-state index contributed by atoms with van der Waals surface area (Å²) in [5, 5.41) is 16.6. The molecule has 7 heteroatoms. The van der Waals surface area contributed by atoms with E-state index in [0.29, 0.717) is 17.0 Å². The van der Waals surface area contributed by atoms with Crippen LogP contribution in [0.1, 0.15) is 21.6 Å². The zero-order valence-corrected chi connectivity index (χ0v) is 16.2. The number of nitrogens with zero attached hydrogens (tertiary/aromatic N) is 4. The van der Waals surface area contributed by atoms with Crippen molar-refractivity contribution < 1.29 is 9.53 Å². The third kappa shape index (κ3) is 3.67. The number of benzene rings is 2. The van der Waals surface area contributed by atoms with Gasteiger partial charge >= 0.3 is 0 Å². The Kier molecular flexibility index (Phi) is 5.32. The summed E-state index contributed by atoms with van der Waals surface area (Å²) in [6.45, 7) is 1.93. The molecule has 2 aromatic carbocycles. The van der Waals surface area contributed by atoms with Gasteiger partial charge in [0, 0.05) is 19.8 Å². The first kappa shape index (κ1) is 19.0. The van der Waals surface area contributed by atoms with E-state index < -0.39 is 5.91 Å². The highest BCUT2D eigenvalue weighted by Crippen LogP contribution is 2.27. The molecule has 7 nitrogen and oxygen atoms in total. The van der Waals surface area contributed by atoms with Crippen molar-refractivity contribution in [2.24, 2.45) is 0 Å². The molecule has 28 heavy (non-hydrogen) atoms. The lowest BCUT2D eigenvalue weighted by atomic mass is 10.1. The molecule has 3 rings (SSSR count). The molecule has 0 bridgehead atoms. The Balaban J connectivity index is 1.95. The number of carbonyl (C=O) groups is 1. The molecule has 0 radical (unpaired) electrons. The molecule has 3 aromatic rings. The topological polar surface area (TPSA) is 83.2 Å². The van der Waals surface area contributed by atoms with Gasteiger partial charge in [0.25, 0.3) is 5.91 Å². The number of amides is 1. The number of ether oxygens (including phenoxy) is 1. The normalized spacial score (nSPS) is 10.2. The monoisotopic (exact) mass is 375 g/mol. The van der Waals surface area contributed by atoms with Crippen molar-refractivity contribution in [3.63, 3.8) is 0 Å². The van der Waals surface area contributed by atoms with Crippen molar-refractivity contribution in [1.82, 2.24) is 9.78 Å². The van der Waals surface area contributed by atoms with Crippen molar-refractivity contribution in [2.75, 3.05) is 31.4 Å². The fourth-order valence-electron chi connectivity index (χ4n) is 2.93. The van der Waals surface area contributed by atoms with E-state index in [1.165, 1.54) is 7.11 Å². The number of hydrogen-bond donors (Lipinski definition) is 1. The molecule has 1 amide bonds. The Morgan fingerprint density at radius 2 is 1.96 bits per heavy atom. The maximum atomic E-state index is 12.8. The lowest BCUT2D eigenvalue weighted by Crippen LogP contribution is -2.16. The van der Waals surface area contributed by atoms with E-state index in [9.17, 15) is 10.1 Å². The predicted molar refractivity (Wildman–Crippen MR) is 108 cm³/mol. The van der Waals surface area contributed by atoms with Crippen molar-refractivity contribution in [3.8, 4) is 17.5 Å². The van der Waals surface area contributed by atoms with Gasteiger partial charge in [0.1, 0.15) is 6.07 Å². The average molecular weight is 375 g/mol. The lowest BCUT2D eigenvalue weighted by Gasteiger charge is -2.18. The van der Waals surface area contributed by atoms with E-state index in [0.717, 1.165) is 16.9 Å². The molecule has 0 saturated carbocycles. The van der Waals surface area contributed by atoms with Crippen molar-refractivity contribution in [3.05, 3.63) is 65.5 Å². The fourth-order valence-corrected chi connectivity index (χ4v) is 2.93. The number of anilines is 2. The first-order chi connectivity index (χ1) is 13.4. The van der Waals surface area contributed by atoms with Gasteiger partial charge in [-0.3, -0.25) is 4.79 Å². The summed E-state index contributed by atoms with van der Waals surface area (Å²) in [5.74, 6) is -0.0958. The first-order valence-corrected chi connectivity index (χ1v) is 8.67. The number of nitrogens with one attached hydrogen (secondary N) is 1. The molecule has 0 aliphatic rings. The van der Waals surface area contributed by atoms with Crippen LogP contribution in [-0.4, -0.2) is 36.9 Å². The maximum absolute atomic E-state index is 12.8. The van der Waals surface area contributed by atoms with Gasteiger partial charge in [0.15, 0.2) is 11.4 Å². The highest BCUT2D eigenvalue weighted by atomic mass is 16.5. The third-order valence-electron chi connectivity index (χ3n) is 4.32.